The lowest BCUT2D eigenvalue weighted by Gasteiger charge is -2.29. The van der Waals surface area contributed by atoms with E-state index in [-0.39, 0.29) is 11.9 Å². The number of carbonyl (C=O) groups excluding carboxylic acids is 1. The van der Waals surface area contributed by atoms with Gasteiger partial charge in [0, 0.05) is 32.1 Å². The van der Waals surface area contributed by atoms with Crippen molar-refractivity contribution in [2.75, 3.05) is 33.4 Å². The van der Waals surface area contributed by atoms with E-state index in [1.54, 1.807) is 7.11 Å². The molecule has 0 aromatic heterocycles. The number of rotatable bonds is 6. The maximum atomic E-state index is 12.0. The molecular formula is C20H24N2O3. The van der Waals surface area contributed by atoms with Crippen LogP contribution >= 0.6 is 0 Å². The van der Waals surface area contributed by atoms with Crippen LogP contribution in [0.2, 0.25) is 0 Å². The van der Waals surface area contributed by atoms with Gasteiger partial charge in [-0.3, -0.25) is 9.69 Å². The number of hydrogen-bond acceptors (Lipinski definition) is 4. The maximum Gasteiger partial charge on any atom is 0.221 e. The van der Waals surface area contributed by atoms with E-state index < -0.39 is 0 Å². The largest absolute Gasteiger partial charge is 0.493 e. The Kier molecular flexibility index (Phi) is 5.90. The zero-order chi connectivity index (χ0) is 17.5. The van der Waals surface area contributed by atoms with Crippen LogP contribution in [-0.2, 0) is 4.79 Å². The number of amides is 1. The third kappa shape index (κ3) is 4.51. The fourth-order valence-electron chi connectivity index (χ4n) is 3.15. The van der Waals surface area contributed by atoms with Gasteiger partial charge in [-0.2, -0.15) is 0 Å². The second-order valence-corrected chi connectivity index (χ2v) is 6.02. The summed E-state index contributed by atoms with van der Waals surface area (Å²) in [7, 11) is 1.64. The van der Waals surface area contributed by atoms with Crippen LogP contribution in [0, 0.1) is 0 Å². The van der Waals surface area contributed by atoms with Gasteiger partial charge in [0.25, 0.3) is 0 Å². The van der Waals surface area contributed by atoms with Gasteiger partial charge in [-0.1, -0.05) is 42.5 Å². The molecule has 1 aliphatic rings. The molecule has 132 valence electrons. The molecule has 0 bridgehead atoms. The molecule has 25 heavy (non-hydrogen) atoms. The molecule has 1 aliphatic heterocycles. The number of carbonyl (C=O) groups is 1. The Morgan fingerprint density at radius 1 is 1.08 bits per heavy atom. The highest BCUT2D eigenvalue weighted by molar-refractivity contribution is 5.77. The summed E-state index contributed by atoms with van der Waals surface area (Å²) in [6.45, 7) is 2.75. The monoisotopic (exact) mass is 340 g/mol. The summed E-state index contributed by atoms with van der Waals surface area (Å²) < 4.78 is 11.2. The number of hydrogen-bond donors (Lipinski definition) is 1. The first kappa shape index (κ1) is 17.3. The van der Waals surface area contributed by atoms with Gasteiger partial charge in [0.2, 0.25) is 5.91 Å². The van der Waals surface area contributed by atoms with Gasteiger partial charge in [-0.15, -0.1) is 0 Å². The molecule has 1 atom stereocenters. The minimum absolute atomic E-state index is 0.0740. The van der Waals surface area contributed by atoms with Gasteiger partial charge in [0.1, 0.15) is 6.61 Å². The van der Waals surface area contributed by atoms with Crippen molar-refractivity contribution in [1.29, 1.82) is 0 Å². The van der Waals surface area contributed by atoms with Crippen LogP contribution < -0.4 is 14.8 Å². The summed E-state index contributed by atoms with van der Waals surface area (Å²) in [5.74, 6) is 1.57. The molecule has 5 nitrogen and oxygen atoms in total. The van der Waals surface area contributed by atoms with Crippen molar-refractivity contribution in [2.45, 2.75) is 12.5 Å². The topological polar surface area (TPSA) is 50.8 Å². The van der Waals surface area contributed by atoms with Crippen molar-refractivity contribution in [3.63, 3.8) is 0 Å². The van der Waals surface area contributed by atoms with Crippen molar-refractivity contribution in [1.82, 2.24) is 10.2 Å². The van der Waals surface area contributed by atoms with Gasteiger partial charge in [0.05, 0.1) is 7.11 Å². The van der Waals surface area contributed by atoms with Gasteiger partial charge < -0.3 is 14.8 Å². The molecule has 1 N–H and O–H groups in total. The van der Waals surface area contributed by atoms with Gasteiger partial charge in [-0.25, -0.2) is 0 Å². The molecular weight excluding hydrogens is 316 g/mol. The quantitative estimate of drug-likeness (QED) is 0.878. The molecule has 0 saturated carbocycles. The summed E-state index contributed by atoms with van der Waals surface area (Å²) >= 11 is 0. The Morgan fingerprint density at radius 3 is 2.56 bits per heavy atom. The zero-order valence-electron chi connectivity index (χ0n) is 14.5. The van der Waals surface area contributed by atoms with Crippen molar-refractivity contribution >= 4 is 5.91 Å². The Morgan fingerprint density at radius 2 is 1.80 bits per heavy atom. The predicted molar refractivity (Wildman–Crippen MR) is 96.9 cm³/mol. The van der Waals surface area contributed by atoms with E-state index >= 15 is 0 Å². The molecule has 0 spiro atoms. The van der Waals surface area contributed by atoms with Crippen molar-refractivity contribution in [2.24, 2.45) is 0 Å². The molecule has 0 radical (unpaired) electrons. The van der Waals surface area contributed by atoms with Crippen molar-refractivity contribution in [3.8, 4) is 11.5 Å². The van der Waals surface area contributed by atoms with Crippen LogP contribution in [0.5, 0.6) is 11.5 Å². The highest BCUT2D eigenvalue weighted by Gasteiger charge is 2.26. The smallest absolute Gasteiger partial charge is 0.221 e. The molecule has 5 heteroatoms. The normalized spacial score (nSPS) is 18.3. The number of methoxy groups -OCH3 is 1. The standard InChI is InChI=1S/C20H24N2O3/c1-24-18-9-5-6-10-19(18)25-14-13-22-12-11-21-20(23)15-17(22)16-7-3-2-4-8-16/h2-10,17H,11-15H2,1H3,(H,21,23)/t17-/m0/s1. The van der Waals surface area contributed by atoms with Crippen LogP contribution in [0.1, 0.15) is 18.0 Å². The van der Waals surface area contributed by atoms with E-state index in [1.165, 1.54) is 0 Å². The van der Waals surface area contributed by atoms with Crippen molar-refractivity contribution in [3.05, 3.63) is 60.2 Å². The molecule has 1 heterocycles. The maximum absolute atomic E-state index is 12.0. The van der Waals surface area contributed by atoms with Gasteiger partial charge in [-0.05, 0) is 17.7 Å². The zero-order valence-corrected chi connectivity index (χ0v) is 14.5. The summed E-state index contributed by atoms with van der Waals surface area (Å²) in [6.07, 6.45) is 0.471. The van der Waals surface area contributed by atoms with E-state index in [2.05, 4.69) is 22.3 Å². The SMILES string of the molecule is COc1ccccc1OCCN1CCNC(=O)C[C@H]1c1ccccc1. The van der Waals surface area contributed by atoms with Crippen LogP contribution in [-0.4, -0.2) is 44.2 Å². The van der Waals surface area contributed by atoms with E-state index in [1.807, 2.05) is 42.5 Å². The Labute approximate surface area is 148 Å². The number of benzene rings is 2. The van der Waals surface area contributed by atoms with Crippen LogP contribution in [0.3, 0.4) is 0 Å². The van der Waals surface area contributed by atoms with E-state index in [0.717, 1.165) is 30.2 Å². The summed E-state index contributed by atoms with van der Waals surface area (Å²) in [4.78, 5) is 14.3. The number of para-hydroxylation sites is 2. The summed E-state index contributed by atoms with van der Waals surface area (Å²) in [5, 5.41) is 2.96. The lowest BCUT2D eigenvalue weighted by atomic mass is 10.0. The molecule has 0 unspecified atom stereocenters. The molecule has 2 aromatic rings. The first-order valence-corrected chi connectivity index (χ1v) is 8.59. The third-order valence-electron chi connectivity index (χ3n) is 4.43. The lowest BCUT2D eigenvalue weighted by molar-refractivity contribution is -0.121. The first-order valence-electron chi connectivity index (χ1n) is 8.59. The Bertz CT molecular complexity index is 690. The highest BCUT2D eigenvalue weighted by Crippen LogP contribution is 2.27. The second kappa shape index (κ2) is 8.53. The molecule has 2 aromatic carbocycles. The molecule has 1 amide bonds. The minimum Gasteiger partial charge on any atom is -0.493 e. The highest BCUT2D eigenvalue weighted by atomic mass is 16.5. The van der Waals surface area contributed by atoms with E-state index in [4.69, 9.17) is 9.47 Å². The minimum atomic E-state index is 0.0740. The fraction of sp³-hybridized carbons (Fsp3) is 0.350. The average molecular weight is 340 g/mol. The van der Waals surface area contributed by atoms with Crippen molar-refractivity contribution < 1.29 is 14.3 Å². The number of nitrogens with zero attached hydrogens (tertiary/aromatic N) is 1. The molecule has 1 fully saturated rings. The molecule has 3 rings (SSSR count). The fourth-order valence-corrected chi connectivity index (χ4v) is 3.15. The van der Waals surface area contributed by atoms with Crippen LogP contribution in [0.4, 0.5) is 0 Å². The predicted octanol–water partition coefficient (Wildman–Crippen LogP) is 2.64. The number of nitrogens with one attached hydrogen (secondary N) is 1. The van der Waals surface area contributed by atoms with Crippen LogP contribution in [0.15, 0.2) is 54.6 Å². The molecule has 1 saturated heterocycles. The Hall–Kier alpha value is -2.53. The van der Waals surface area contributed by atoms with E-state index in [0.29, 0.717) is 19.6 Å². The Balaban J connectivity index is 1.67. The summed E-state index contributed by atoms with van der Waals surface area (Å²) in [5.41, 5.74) is 1.16. The third-order valence-corrected chi connectivity index (χ3v) is 4.43. The van der Waals surface area contributed by atoms with Gasteiger partial charge >= 0.3 is 0 Å². The number of ether oxygens (including phenoxy) is 2. The lowest BCUT2D eigenvalue weighted by Crippen LogP contribution is -2.34. The second-order valence-electron chi connectivity index (χ2n) is 6.02. The average Bonchev–Trinajstić information content (AvgIpc) is 2.84. The van der Waals surface area contributed by atoms with Crippen LogP contribution in [0.25, 0.3) is 0 Å². The summed E-state index contributed by atoms with van der Waals surface area (Å²) in [6, 6.07) is 17.9. The van der Waals surface area contributed by atoms with Gasteiger partial charge in [0.15, 0.2) is 11.5 Å². The molecule has 0 aliphatic carbocycles. The van der Waals surface area contributed by atoms with E-state index in [9.17, 15) is 4.79 Å². The first-order chi connectivity index (χ1) is 12.3.